The molecule has 0 rings (SSSR count). The Bertz CT molecular complexity index is 55.7. The highest BCUT2D eigenvalue weighted by Crippen LogP contribution is 2.22. The Morgan fingerprint density at radius 2 is 1.30 bits per heavy atom. The van der Waals surface area contributed by atoms with Crippen LogP contribution in [0.3, 0.4) is 0 Å². The van der Waals surface area contributed by atoms with E-state index in [1.807, 2.05) is 0 Å². The lowest BCUT2D eigenvalue weighted by Crippen LogP contribution is -2.16. The third kappa shape index (κ3) is 3.38. The van der Waals surface area contributed by atoms with Gasteiger partial charge in [-0.15, -0.1) is 0 Å². The maximum Gasteiger partial charge on any atom is 0.00703 e. The first-order valence-electron chi connectivity index (χ1n) is 3.92. The maximum absolute atomic E-state index is 3.53. The van der Waals surface area contributed by atoms with Crippen molar-refractivity contribution in [3.8, 4) is 0 Å². The molecule has 0 aromatic heterocycles. The molecule has 0 atom stereocenters. The van der Waals surface area contributed by atoms with Gasteiger partial charge in [-0.2, -0.15) is 0 Å². The summed E-state index contributed by atoms with van der Waals surface area (Å²) in [6, 6.07) is 0. The van der Waals surface area contributed by atoms with Crippen molar-refractivity contribution >= 4 is 31.9 Å². The number of alkyl halides is 2. The zero-order valence-corrected chi connectivity index (χ0v) is 9.91. The summed E-state index contributed by atoms with van der Waals surface area (Å²) in [6.45, 7) is 4.54. The fourth-order valence-electron chi connectivity index (χ4n) is 1.25. The molecule has 0 saturated carbocycles. The second-order valence-corrected chi connectivity index (χ2v) is 3.94. The van der Waals surface area contributed by atoms with Crippen molar-refractivity contribution in [1.29, 1.82) is 0 Å². The van der Waals surface area contributed by atoms with E-state index in [0.29, 0.717) is 0 Å². The summed E-state index contributed by atoms with van der Waals surface area (Å²) < 4.78 is 0. The lowest BCUT2D eigenvalue weighted by atomic mass is 9.91. The fraction of sp³-hybridized carbons (Fsp3) is 1.00. The molecule has 0 aromatic carbocycles. The zero-order valence-electron chi connectivity index (χ0n) is 6.74. The summed E-state index contributed by atoms with van der Waals surface area (Å²) >= 11 is 7.06. The summed E-state index contributed by atoms with van der Waals surface area (Å²) in [6.07, 6.45) is 2.61. The summed E-state index contributed by atoms with van der Waals surface area (Å²) in [7, 11) is 0. The van der Waals surface area contributed by atoms with Crippen LogP contribution < -0.4 is 0 Å². The van der Waals surface area contributed by atoms with Gasteiger partial charge in [-0.3, -0.25) is 0 Å². The van der Waals surface area contributed by atoms with E-state index in [1.165, 1.54) is 12.8 Å². The predicted molar refractivity (Wildman–Crippen MR) is 55.2 cm³/mol. The second kappa shape index (κ2) is 6.66. The van der Waals surface area contributed by atoms with Crippen LogP contribution in [-0.2, 0) is 0 Å². The SMILES string of the molecule is CCC(CC)C(CBr)CBr. The van der Waals surface area contributed by atoms with Gasteiger partial charge in [-0.25, -0.2) is 0 Å². The Morgan fingerprint density at radius 3 is 1.40 bits per heavy atom. The van der Waals surface area contributed by atoms with Crippen molar-refractivity contribution in [2.24, 2.45) is 11.8 Å². The van der Waals surface area contributed by atoms with Crippen LogP contribution in [0.25, 0.3) is 0 Å². The highest BCUT2D eigenvalue weighted by molar-refractivity contribution is 9.09. The molecule has 0 nitrogen and oxygen atoms in total. The Kier molecular flexibility index (Phi) is 7.30. The first-order valence-corrected chi connectivity index (χ1v) is 6.16. The van der Waals surface area contributed by atoms with Crippen LogP contribution in [0, 0.1) is 11.8 Å². The lowest BCUT2D eigenvalue weighted by molar-refractivity contribution is 0.376. The molecule has 0 unspecified atom stereocenters. The van der Waals surface area contributed by atoms with E-state index >= 15 is 0 Å². The van der Waals surface area contributed by atoms with Crippen LogP contribution in [0.15, 0.2) is 0 Å². The smallest absolute Gasteiger partial charge is 0.00703 e. The molecule has 0 radical (unpaired) electrons. The molecule has 0 aliphatic heterocycles. The molecule has 0 spiro atoms. The highest BCUT2D eigenvalue weighted by Gasteiger charge is 2.15. The van der Waals surface area contributed by atoms with Gasteiger partial charge in [0, 0.05) is 10.7 Å². The molecule has 0 saturated heterocycles. The van der Waals surface area contributed by atoms with Crippen LogP contribution in [0.2, 0.25) is 0 Å². The minimum Gasteiger partial charge on any atom is -0.0925 e. The monoisotopic (exact) mass is 270 g/mol. The van der Waals surface area contributed by atoms with E-state index in [4.69, 9.17) is 0 Å². The number of hydrogen-bond donors (Lipinski definition) is 0. The molecule has 0 heterocycles. The van der Waals surface area contributed by atoms with Gasteiger partial charge in [0.15, 0.2) is 0 Å². The number of hydrogen-bond acceptors (Lipinski definition) is 0. The normalized spacial score (nSPS) is 11.4. The van der Waals surface area contributed by atoms with Crippen LogP contribution in [0.4, 0.5) is 0 Å². The third-order valence-electron chi connectivity index (χ3n) is 2.11. The molecule has 2 heteroatoms. The molecule has 0 fully saturated rings. The third-order valence-corrected chi connectivity index (χ3v) is 3.78. The highest BCUT2D eigenvalue weighted by atomic mass is 79.9. The summed E-state index contributed by atoms with van der Waals surface area (Å²) in [5.41, 5.74) is 0. The summed E-state index contributed by atoms with van der Waals surface area (Å²) in [5, 5.41) is 2.26. The van der Waals surface area contributed by atoms with E-state index < -0.39 is 0 Å². The van der Waals surface area contributed by atoms with Crippen LogP contribution in [-0.4, -0.2) is 10.7 Å². The van der Waals surface area contributed by atoms with Crippen molar-refractivity contribution in [3.63, 3.8) is 0 Å². The second-order valence-electron chi connectivity index (χ2n) is 2.65. The number of rotatable bonds is 5. The van der Waals surface area contributed by atoms with E-state index in [1.54, 1.807) is 0 Å². The Morgan fingerprint density at radius 1 is 0.900 bits per heavy atom. The molecule has 62 valence electrons. The average Bonchev–Trinajstić information content (AvgIpc) is 2.00. The van der Waals surface area contributed by atoms with Gasteiger partial charge in [0.1, 0.15) is 0 Å². The van der Waals surface area contributed by atoms with Crippen LogP contribution >= 0.6 is 31.9 Å². The first kappa shape index (κ1) is 11.0. The van der Waals surface area contributed by atoms with E-state index in [9.17, 15) is 0 Å². The van der Waals surface area contributed by atoms with Gasteiger partial charge in [0.2, 0.25) is 0 Å². The van der Waals surface area contributed by atoms with E-state index in [-0.39, 0.29) is 0 Å². The zero-order chi connectivity index (χ0) is 7.98. The fourth-order valence-corrected chi connectivity index (χ4v) is 3.38. The molecule has 10 heavy (non-hydrogen) atoms. The summed E-state index contributed by atoms with van der Waals surface area (Å²) in [4.78, 5) is 0. The topological polar surface area (TPSA) is 0 Å². The van der Waals surface area contributed by atoms with Gasteiger partial charge >= 0.3 is 0 Å². The Hall–Kier alpha value is 0.960. The van der Waals surface area contributed by atoms with E-state index in [2.05, 4.69) is 45.7 Å². The largest absolute Gasteiger partial charge is 0.0925 e. The van der Waals surface area contributed by atoms with Gasteiger partial charge in [0.05, 0.1) is 0 Å². The minimum atomic E-state index is 0.815. The maximum atomic E-state index is 3.53. The quantitative estimate of drug-likeness (QED) is 0.667. The Balaban J connectivity index is 3.70. The van der Waals surface area contributed by atoms with Crippen molar-refractivity contribution in [2.75, 3.05) is 10.7 Å². The van der Waals surface area contributed by atoms with Crippen molar-refractivity contribution in [3.05, 3.63) is 0 Å². The van der Waals surface area contributed by atoms with Gasteiger partial charge in [-0.05, 0) is 11.8 Å². The summed E-state index contributed by atoms with van der Waals surface area (Å²) in [5.74, 6) is 1.70. The Labute approximate surface area is 81.0 Å². The predicted octanol–water partition coefficient (Wildman–Crippen LogP) is 3.83. The minimum absolute atomic E-state index is 0.815. The molecule has 0 aliphatic carbocycles. The van der Waals surface area contributed by atoms with Crippen molar-refractivity contribution < 1.29 is 0 Å². The molecule has 0 aliphatic rings. The molecular weight excluding hydrogens is 256 g/mol. The molecule has 0 aromatic rings. The van der Waals surface area contributed by atoms with Crippen molar-refractivity contribution in [2.45, 2.75) is 26.7 Å². The van der Waals surface area contributed by atoms with Crippen LogP contribution in [0.5, 0.6) is 0 Å². The van der Waals surface area contributed by atoms with Gasteiger partial charge < -0.3 is 0 Å². The molecule has 0 bridgehead atoms. The van der Waals surface area contributed by atoms with E-state index in [0.717, 1.165) is 22.5 Å². The molecule has 0 N–H and O–H groups in total. The van der Waals surface area contributed by atoms with Crippen molar-refractivity contribution in [1.82, 2.24) is 0 Å². The molecule has 0 amide bonds. The first-order chi connectivity index (χ1) is 4.79. The van der Waals surface area contributed by atoms with Gasteiger partial charge in [-0.1, -0.05) is 58.5 Å². The standard InChI is InChI=1S/C8H16Br2/c1-3-7(4-2)8(5-9)6-10/h7-8H,3-6H2,1-2H3. The average molecular weight is 272 g/mol. The number of halogens is 2. The van der Waals surface area contributed by atoms with Gasteiger partial charge in [0.25, 0.3) is 0 Å². The lowest BCUT2D eigenvalue weighted by Gasteiger charge is -2.20. The molecular formula is C8H16Br2. The van der Waals surface area contributed by atoms with Crippen LogP contribution in [0.1, 0.15) is 26.7 Å².